The molecule has 4 heteroatoms. The van der Waals surface area contributed by atoms with Gasteiger partial charge in [0.1, 0.15) is 0 Å². The zero-order valence-electron chi connectivity index (χ0n) is 9.62. The van der Waals surface area contributed by atoms with Crippen molar-refractivity contribution in [2.45, 2.75) is 19.3 Å². The van der Waals surface area contributed by atoms with Gasteiger partial charge in [-0.05, 0) is 31.0 Å². The van der Waals surface area contributed by atoms with Gasteiger partial charge in [0.25, 0.3) is 0 Å². The summed E-state index contributed by atoms with van der Waals surface area (Å²) in [6, 6.07) is 5.21. The van der Waals surface area contributed by atoms with Crippen LogP contribution in [0.5, 0.6) is 0 Å². The molecule has 3 N–H and O–H groups in total. The first-order chi connectivity index (χ1) is 8.19. The lowest BCUT2D eigenvalue weighted by molar-refractivity contribution is 0.0697. The van der Waals surface area contributed by atoms with Gasteiger partial charge < -0.3 is 15.7 Å². The molecule has 1 aliphatic heterocycles. The molecule has 1 fully saturated rings. The molecule has 0 amide bonds. The molecule has 1 saturated carbocycles. The van der Waals surface area contributed by atoms with E-state index < -0.39 is 5.97 Å². The van der Waals surface area contributed by atoms with Crippen LogP contribution in [0.3, 0.4) is 0 Å². The fourth-order valence-corrected chi connectivity index (χ4v) is 2.64. The second kappa shape index (κ2) is 3.65. The maximum atomic E-state index is 10.9. The minimum atomic E-state index is -0.878. The van der Waals surface area contributed by atoms with Crippen molar-refractivity contribution in [3.63, 3.8) is 0 Å². The Bertz CT molecular complexity index is 466. The van der Waals surface area contributed by atoms with Crippen molar-refractivity contribution in [1.82, 2.24) is 0 Å². The molecule has 1 heterocycles. The fraction of sp³-hybridized carbons (Fsp3) is 0.462. The standard InChI is InChI=1S/C13H16N2O2/c16-12(17)9-2-3-10-11(6-9)15-8-13(7-14-10)4-1-5-13/h2-3,6,14-15H,1,4-5,7-8H2,(H,16,17). The van der Waals surface area contributed by atoms with Gasteiger partial charge in [-0.25, -0.2) is 4.79 Å². The predicted octanol–water partition coefficient (Wildman–Crippen LogP) is 2.39. The Morgan fingerprint density at radius 1 is 1.18 bits per heavy atom. The number of carboxylic acids is 1. The zero-order chi connectivity index (χ0) is 11.9. The molecule has 0 saturated heterocycles. The smallest absolute Gasteiger partial charge is 0.335 e. The Hall–Kier alpha value is -1.71. The molecular formula is C13H16N2O2. The summed E-state index contributed by atoms with van der Waals surface area (Å²) in [4.78, 5) is 10.9. The van der Waals surface area contributed by atoms with E-state index in [0.717, 1.165) is 24.5 Å². The van der Waals surface area contributed by atoms with Gasteiger partial charge in [-0.2, -0.15) is 0 Å². The monoisotopic (exact) mass is 232 g/mol. The third-order valence-electron chi connectivity index (χ3n) is 3.99. The first kappa shape index (κ1) is 10.4. The fourth-order valence-electron chi connectivity index (χ4n) is 2.64. The molecule has 1 aromatic carbocycles. The van der Waals surface area contributed by atoms with Gasteiger partial charge in [0.15, 0.2) is 0 Å². The van der Waals surface area contributed by atoms with E-state index in [-0.39, 0.29) is 0 Å². The molecule has 0 aromatic heterocycles. The summed E-state index contributed by atoms with van der Waals surface area (Å²) < 4.78 is 0. The highest BCUT2D eigenvalue weighted by Gasteiger charge is 2.38. The molecule has 0 atom stereocenters. The van der Waals surface area contributed by atoms with Crippen LogP contribution in [0, 0.1) is 5.41 Å². The Morgan fingerprint density at radius 3 is 2.47 bits per heavy atom. The third kappa shape index (κ3) is 1.73. The van der Waals surface area contributed by atoms with Crippen molar-refractivity contribution in [3.8, 4) is 0 Å². The van der Waals surface area contributed by atoms with E-state index >= 15 is 0 Å². The number of hydrogen-bond donors (Lipinski definition) is 3. The van der Waals surface area contributed by atoms with Crippen molar-refractivity contribution in [3.05, 3.63) is 23.8 Å². The highest BCUT2D eigenvalue weighted by molar-refractivity contribution is 5.90. The molecule has 4 nitrogen and oxygen atoms in total. The van der Waals surface area contributed by atoms with Crippen LogP contribution in [0.25, 0.3) is 0 Å². The van der Waals surface area contributed by atoms with Crippen molar-refractivity contribution in [2.24, 2.45) is 5.41 Å². The lowest BCUT2D eigenvalue weighted by Gasteiger charge is -2.41. The van der Waals surface area contributed by atoms with E-state index in [9.17, 15) is 4.79 Å². The number of rotatable bonds is 1. The molecule has 0 unspecified atom stereocenters. The summed E-state index contributed by atoms with van der Waals surface area (Å²) in [5.41, 5.74) is 2.64. The molecule has 2 aliphatic rings. The molecule has 90 valence electrons. The second-order valence-corrected chi connectivity index (χ2v) is 5.13. The molecule has 1 spiro atoms. The van der Waals surface area contributed by atoms with Crippen LogP contribution in [0.2, 0.25) is 0 Å². The Morgan fingerprint density at radius 2 is 1.88 bits per heavy atom. The van der Waals surface area contributed by atoms with Crippen LogP contribution in [0.15, 0.2) is 18.2 Å². The highest BCUT2D eigenvalue weighted by atomic mass is 16.4. The number of benzene rings is 1. The zero-order valence-corrected chi connectivity index (χ0v) is 9.62. The van der Waals surface area contributed by atoms with E-state index in [4.69, 9.17) is 5.11 Å². The summed E-state index contributed by atoms with van der Waals surface area (Å²) in [7, 11) is 0. The minimum Gasteiger partial charge on any atom is -0.478 e. The van der Waals surface area contributed by atoms with E-state index in [2.05, 4.69) is 10.6 Å². The van der Waals surface area contributed by atoms with Crippen molar-refractivity contribution < 1.29 is 9.90 Å². The largest absolute Gasteiger partial charge is 0.478 e. The predicted molar refractivity (Wildman–Crippen MR) is 66.7 cm³/mol. The van der Waals surface area contributed by atoms with E-state index in [1.54, 1.807) is 12.1 Å². The second-order valence-electron chi connectivity index (χ2n) is 5.13. The number of anilines is 2. The Balaban J connectivity index is 1.88. The van der Waals surface area contributed by atoms with Gasteiger partial charge in [0.2, 0.25) is 0 Å². The minimum absolute atomic E-state index is 0.336. The van der Waals surface area contributed by atoms with Crippen LogP contribution in [-0.2, 0) is 0 Å². The van der Waals surface area contributed by atoms with Crippen LogP contribution >= 0.6 is 0 Å². The maximum Gasteiger partial charge on any atom is 0.335 e. The molecular weight excluding hydrogens is 216 g/mol. The van der Waals surface area contributed by atoms with E-state index in [0.29, 0.717) is 11.0 Å². The highest BCUT2D eigenvalue weighted by Crippen LogP contribution is 2.43. The number of fused-ring (bicyclic) bond motifs is 1. The van der Waals surface area contributed by atoms with Gasteiger partial charge in [-0.15, -0.1) is 0 Å². The number of nitrogens with one attached hydrogen (secondary N) is 2. The SMILES string of the molecule is O=C(O)c1ccc2c(c1)NCC1(CCC1)CN2. The normalized spacial score (nSPS) is 20.5. The molecule has 1 aromatic rings. The average Bonchev–Trinajstić information content (AvgIpc) is 2.46. The summed E-state index contributed by atoms with van der Waals surface area (Å²) in [6.07, 6.45) is 3.82. The first-order valence-electron chi connectivity index (χ1n) is 6.04. The molecule has 3 rings (SSSR count). The van der Waals surface area contributed by atoms with Gasteiger partial charge in [0, 0.05) is 18.5 Å². The average molecular weight is 232 g/mol. The molecule has 0 bridgehead atoms. The van der Waals surface area contributed by atoms with Gasteiger partial charge in [0.05, 0.1) is 16.9 Å². The number of aromatic carboxylic acids is 1. The van der Waals surface area contributed by atoms with Gasteiger partial charge in [-0.1, -0.05) is 6.42 Å². The summed E-state index contributed by atoms with van der Waals surface area (Å²) >= 11 is 0. The van der Waals surface area contributed by atoms with Crippen LogP contribution in [0.1, 0.15) is 29.6 Å². The van der Waals surface area contributed by atoms with Gasteiger partial charge >= 0.3 is 5.97 Å². The molecule has 17 heavy (non-hydrogen) atoms. The molecule has 0 radical (unpaired) electrons. The van der Waals surface area contributed by atoms with Gasteiger partial charge in [-0.3, -0.25) is 0 Å². The Kier molecular flexibility index (Phi) is 2.24. The summed E-state index contributed by atoms with van der Waals surface area (Å²) in [6.45, 7) is 1.93. The summed E-state index contributed by atoms with van der Waals surface area (Å²) in [5.74, 6) is -0.878. The first-order valence-corrected chi connectivity index (χ1v) is 6.04. The van der Waals surface area contributed by atoms with Crippen molar-refractivity contribution in [2.75, 3.05) is 23.7 Å². The number of carboxylic acid groups (broad SMARTS) is 1. The summed E-state index contributed by atoms with van der Waals surface area (Å²) in [5, 5.41) is 15.8. The Labute approximate surface area is 100 Å². The quantitative estimate of drug-likeness (QED) is 0.695. The van der Waals surface area contributed by atoms with E-state index in [1.165, 1.54) is 19.3 Å². The maximum absolute atomic E-state index is 10.9. The van der Waals surface area contributed by atoms with Crippen molar-refractivity contribution >= 4 is 17.3 Å². The van der Waals surface area contributed by atoms with Crippen molar-refractivity contribution in [1.29, 1.82) is 0 Å². The van der Waals surface area contributed by atoms with E-state index in [1.807, 2.05) is 6.07 Å². The lowest BCUT2D eigenvalue weighted by Crippen LogP contribution is -2.40. The number of carbonyl (C=O) groups is 1. The number of hydrogen-bond acceptors (Lipinski definition) is 3. The van der Waals surface area contributed by atoms with Crippen LogP contribution < -0.4 is 10.6 Å². The third-order valence-corrected chi connectivity index (χ3v) is 3.99. The lowest BCUT2D eigenvalue weighted by atomic mass is 9.69. The van der Waals surface area contributed by atoms with Crippen LogP contribution in [-0.4, -0.2) is 24.2 Å². The topological polar surface area (TPSA) is 61.4 Å². The van der Waals surface area contributed by atoms with Crippen LogP contribution in [0.4, 0.5) is 11.4 Å². The molecule has 1 aliphatic carbocycles.